The molecule has 3 rings (SSSR count). The van der Waals surface area contributed by atoms with Crippen molar-refractivity contribution < 1.29 is 9.53 Å². The molecule has 1 aromatic heterocycles. The molecular formula is C13H18N4O2. The summed E-state index contributed by atoms with van der Waals surface area (Å²) in [5.41, 5.74) is 0.952. The van der Waals surface area contributed by atoms with Gasteiger partial charge in [0.05, 0.1) is 19.1 Å². The van der Waals surface area contributed by atoms with Gasteiger partial charge in [-0.15, -0.1) is 0 Å². The van der Waals surface area contributed by atoms with Crippen molar-refractivity contribution in [3.63, 3.8) is 0 Å². The molecule has 2 aliphatic rings. The fourth-order valence-corrected chi connectivity index (χ4v) is 2.43. The second kappa shape index (κ2) is 5.13. The van der Waals surface area contributed by atoms with Crippen molar-refractivity contribution in [2.75, 3.05) is 44.3 Å². The highest BCUT2D eigenvalue weighted by Crippen LogP contribution is 2.23. The minimum atomic E-state index is 0.0854. The molecule has 1 aromatic rings. The zero-order chi connectivity index (χ0) is 13.2. The summed E-state index contributed by atoms with van der Waals surface area (Å²) in [6.45, 7) is 6.14. The molecule has 19 heavy (non-hydrogen) atoms. The summed E-state index contributed by atoms with van der Waals surface area (Å²) in [6, 6.07) is 1.87. The third kappa shape index (κ3) is 2.53. The molecule has 2 aliphatic heterocycles. The highest BCUT2D eigenvalue weighted by Gasteiger charge is 2.36. The highest BCUT2D eigenvalue weighted by molar-refractivity contribution is 5.81. The van der Waals surface area contributed by atoms with Gasteiger partial charge in [0.2, 0.25) is 11.9 Å². The van der Waals surface area contributed by atoms with Gasteiger partial charge >= 0.3 is 0 Å². The summed E-state index contributed by atoms with van der Waals surface area (Å²) in [7, 11) is 0. The summed E-state index contributed by atoms with van der Waals surface area (Å²) >= 11 is 0. The van der Waals surface area contributed by atoms with Crippen LogP contribution in [0.1, 0.15) is 5.69 Å². The first kappa shape index (κ1) is 12.3. The number of hydrogen-bond acceptors (Lipinski definition) is 5. The third-order valence-electron chi connectivity index (χ3n) is 3.62. The van der Waals surface area contributed by atoms with E-state index in [2.05, 4.69) is 14.9 Å². The Kier molecular flexibility index (Phi) is 3.33. The summed E-state index contributed by atoms with van der Waals surface area (Å²) in [5.74, 6) is 1.06. The van der Waals surface area contributed by atoms with E-state index in [-0.39, 0.29) is 11.8 Å². The van der Waals surface area contributed by atoms with Gasteiger partial charge in [0, 0.05) is 38.1 Å². The lowest BCUT2D eigenvalue weighted by molar-refractivity contribution is -0.140. The summed E-state index contributed by atoms with van der Waals surface area (Å²) in [5, 5.41) is 0. The van der Waals surface area contributed by atoms with Crippen molar-refractivity contribution in [3.05, 3.63) is 18.0 Å². The molecule has 0 unspecified atom stereocenters. The van der Waals surface area contributed by atoms with Crippen LogP contribution < -0.4 is 4.90 Å². The van der Waals surface area contributed by atoms with Crippen LogP contribution in [0.4, 0.5) is 5.95 Å². The summed E-state index contributed by atoms with van der Waals surface area (Å²) in [4.78, 5) is 24.8. The number of rotatable bonds is 2. The van der Waals surface area contributed by atoms with Crippen LogP contribution in [0.3, 0.4) is 0 Å². The Morgan fingerprint density at radius 3 is 2.79 bits per heavy atom. The number of ether oxygens (including phenoxy) is 1. The number of morpholine rings is 1. The topological polar surface area (TPSA) is 58.6 Å². The molecule has 0 bridgehead atoms. The van der Waals surface area contributed by atoms with Crippen molar-refractivity contribution in [1.29, 1.82) is 0 Å². The average molecular weight is 262 g/mol. The number of carbonyl (C=O) groups excluding carboxylic acids is 1. The van der Waals surface area contributed by atoms with E-state index in [1.165, 1.54) is 0 Å². The Hall–Kier alpha value is -1.69. The molecule has 2 fully saturated rings. The summed E-state index contributed by atoms with van der Waals surface area (Å²) < 4.78 is 5.26. The predicted octanol–water partition coefficient (Wildman–Crippen LogP) is 0.0800. The number of carbonyl (C=O) groups is 1. The van der Waals surface area contributed by atoms with Crippen molar-refractivity contribution in [2.24, 2.45) is 5.92 Å². The van der Waals surface area contributed by atoms with Crippen LogP contribution in [0, 0.1) is 12.8 Å². The Morgan fingerprint density at radius 1 is 1.37 bits per heavy atom. The monoisotopic (exact) mass is 262 g/mol. The predicted molar refractivity (Wildman–Crippen MR) is 69.9 cm³/mol. The van der Waals surface area contributed by atoms with E-state index in [0.29, 0.717) is 13.2 Å². The van der Waals surface area contributed by atoms with Crippen molar-refractivity contribution in [1.82, 2.24) is 14.9 Å². The van der Waals surface area contributed by atoms with E-state index in [1.807, 2.05) is 17.9 Å². The molecule has 0 spiro atoms. The van der Waals surface area contributed by atoms with E-state index < -0.39 is 0 Å². The van der Waals surface area contributed by atoms with Crippen LogP contribution in [0.5, 0.6) is 0 Å². The molecule has 0 atom stereocenters. The van der Waals surface area contributed by atoms with Gasteiger partial charge in [0.1, 0.15) is 0 Å². The van der Waals surface area contributed by atoms with E-state index in [0.717, 1.165) is 37.8 Å². The molecule has 102 valence electrons. The first-order valence-electron chi connectivity index (χ1n) is 6.65. The first-order chi connectivity index (χ1) is 9.24. The Labute approximate surface area is 112 Å². The van der Waals surface area contributed by atoms with Gasteiger partial charge in [-0.2, -0.15) is 0 Å². The number of nitrogens with zero attached hydrogens (tertiary/aromatic N) is 4. The van der Waals surface area contributed by atoms with Crippen molar-refractivity contribution in [2.45, 2.75) is 6.92 Å². The highest BCUT2D eigenvalue weighted by atomic mass is 16.5. The fourth-order valence-electron chi connectivity index (χ4n) is 2.43. The molecule has 6 heteroatoms. The minimum Gasteiger partial charge on any atom is -0.378 e. The van der Waals surface area contributed by atoms with Gasteiger partial charge in [-0.25, -0.2) is 9.97 Å². The van der Waals surface area contributed by atoms with Gasteiger partial charge in [0.15, 0.2) is 0 Å². The van der Waals surface area contributed by atoms with Crippen LogP contribution in [-0.4, -0.2) is 60.2 Å². The molecular weight excluding hydrogens is 244 g/mol. The fraction of sp³-hybridized carbons (Fsp3) is 0.615. The molecule has 0 aromatic carbocycles. The van der Waals surface area contributed by atoms with E-state index in [9.17, 15) is 4.79 Å². The van der Waals surface area contributed by atoms with Crippen LogP contribution in [0.2, 0.25) is 0 Å². The molecule has 2 saturated heterocycles. The smallest absolute Gasteiger partial charge is 0.229 e. The largest absolute Gasteiger partial charge is 0.378 e. The van der Waals surface area contributed by atoms with Gasteiger partial charge in [-0.1, -0.05) is 0 Å². The molecule has 0 aliphatic carbocycles. The van der Waals surface area contributed by atoms with E-state index >= 15 is 0 Å². The zero-order valence-electron chi connectivity index (χ0n) is 11.1. The van der Waals surface area contributed by atoms with Crippen LogP contribution in [0.15, 0.2) is 12.3 Å². The molecule has 0 radical (unpaired) electrons. The van der Waals surface area contributed by atoms with Crippen LogP contribution >= 0.6 is 0 Å². The SMILES string of the molecule is Cc1ccnc(N2CC(C(=O)N3CCOCC3)C2)n1. The molecule has 6 nitrogen and oxygen atoms in total. The zero-order valence-corrected chi connectivity index (χ0v) is 11.1. The van der Waals surface area contributed by atoms with E-state index in [1.54, 1.807) is 6.20 Å². The lowest BCUT2D eigenvalue weighted by Crippen LogP contribution is -2.56. The number of aryl methyl sites for hydroxylation is 1. The molecule has 0 N–H and O–H groups in total. The van der Waals surface area contributed by atoms with E-state index in [4.69, 9.17) is 4.74 Å². The lowest BCUT2D eigenvalue weighted by Gasteiger charge is -2.41. The van der Waals surface area contributed by atoms with Crippen LogP contribution in [0.25, 0.3) is 0 Å². The van der Waals surface area contributed by atoms with Crippen molar-refractivity contribution in [3.8, 4) is 0 Å². The standard InChI is InChI=1S/C13H18N4O2/c1-10-2-3-14-13(15-10)17-8-11(9-17)12(18)16-4-6-19-7-5-16/h2-3,11H,4-9H2,1H3. The first-order valence-corrected chi connectivity index (χ1v) is 6.65. The molecule has 0 saturated carbocycles. The maximum atomic E-state index is 12.2. The van der Waals surface area contributed by atoms with Gasteiger partial charge < -0.3 is 14.5 Å². The van der Waals surface area contributed by atoms with Gasteiger partial charge in [-0.3, -0.25) is 4.79 Å². The normalized spacial score (nSPS) is 20.3. The summed E-state index contributed by atoms with van der Waals surface area (Å²) in [6.07, 6.45) is 1.76. The quantitative estimate of drug-likeness (QED) is 0.755. The Bertz CT molecular complexity index is 467. The van der Waals surface area contributed by atoms with Crippen LogP contribution in [-0.2, 0) is 9.53 Å². The van der Waals surface area contributed by atoms with Crippen molar-refractivity contribution >= 4 is 11.9 Å². The second-order valence-electron chi connectivity index (χ2n) is 5.04. The minimum absolute atomic E-state index is 0.0854. The molecule has 1 amide bonds. The van der Waals surface area contributed by atoms with Gasteiger partial charge in [0.25, 0.3) is 0 Å². The second-order valence-corrected chi connectivity index (χ2v) is 5.04. The maximum Gasteiger partial charge on any atom is 0.229 e. The number of aromatic nitrogens is 2. The average Bonchev–Trinajstić information content (AvgIpc) is 2.38. The lowest BCUT2D eigenvalue weighted by atomic mass is 9.99. The Balaban J connectivity index is 1.56. The number of anilines is 1. The maximum absolute atomic E-state index is 12.2. The number of amides is 1. The van der Waals surface area contributed by atoms with Gasteiger partial charge in [-0.05, 0) is 13.0 Å². The molecule has 3 heterocycles. The number of hydrogen-bond donors (Lipinski definition) is 0. The Morgan fingerprint density at radius 2 is 2.11 bits per heavy atom. The third-order valence-corrected chi connectivity index (χ3v) is 3.62.